The Morgan fingerprint density at radius 3 is 2.95 bits per heavy atom. The first-order valence-corrected chi connectivity index (χ1v) is 8.11. The van der Waals surface area contributed by atoms with E-state index in [4.69, 9.17) is 16.3 Å². The molecule has 0 amide bonds. The van der Waals surface area contributed by atoms with Crippen LogP contribution in [0.25, 0.3) is 0 Å². The minimum Gasteiger partial charge on any atom is -0.497 e. The maximum Gasteiger partial charge on any atom is 0.110 e. The van der Waals surface area contributed by atoms with Gasteiger partial charge in [-0.1, -0.05) is 30.7 Å². The molecule has 19 heavy (non-hydrogen) atoms. The van der Waals surface area contributed by atoms with Gasteiger partial charge in [-0.2, -0.15) is 0 Å². The molecule has 2 rings (SSSR count). The van der Waals surface area contributed by atoms with Crippen LogP contribution in [-0.2, 0) is 4.74 Å². The van der Waals surface area contributed by atoms with Crippen LogP contribution in [0.3, 0.4) is 0 Å². The molecule has 0 bridgehead atoms. The number of ether oxygens (including phenoxy) is 1. The van der Waals surface area contributed by atoms with Gasteiger partial charge < -0.3 is 10.1 Å². The second-order valence-corrected chi connectivity index (χ2v) is 5.92. The Morgan fingerprint density at radius 2 is 2.26 bits per heavy atom. The smallest absolute Gasteiger partial charge is 0.110 e. The van der Waals surface area contributed by atoms with E-state index in [1.807, 2.05) is 18.2 Å². The lowest BCUT2D eigenvalue weighted by Gasteiger charge is -2.24. The molecule has 0 saturated carbocycles. The van der Waals surface area contributed by atoms with Crippen LogP contribution < -0.4 is 5.32 Å². The number of hydrogen-bond acceptors (Lipinski definition) is 3. The van der Waals surface area contributed by atoms with Crippen LogP contribution >= 0.6 is 23.4 Å². The maximum atomic E-state index is 6.18. The first-order valence-electron chi connectivity index (χ1n) is 6.75. The van der Waals surface area contributed by atoms with Crippen molar-refractivity contribution in [3.8, 4) is 0 Å². The van der Waals surface area contributed by atoms with Crippen LogP contribution in [0.15, 0.2) is 41.0 Å². The largest absolute Gasteiger partial charge is 0.497 e. The molecule has 1 aliphatic heterocycles. The van der Waals surface area contributed by atoms with E-state index in [2.05, 4.69) is 24.4 Å². The minimum atomic E-state index is 0.270. The molecule has 0 radical (unpaired) electrons. The summed E-state index contributed by atoms with van der Waals surface area (Å²) in [6, 6.07) is 8.24. The van der Waals surface area contributed by atoms with Crippen molar-refractivity contribution < 1.29 is 4.74 Å². The number of allylic oxidation sites excluding steroid dienone is 1. The van der Waals surface area contributed by atoms with Gasteiger partial charge in [-0.3, -0.25) is 0 Å². The lowest BCUT2D eigenvalue weighted by atomic mass is 10.1. The molecule has 2 nitrogen and oxygen atoms in total. The Hall–Kier alpha value is -0.640. The van der Waals surface area contributed by atoms with E-state index in [9.17, 15) is 0 Å². The zero-order valence-electron chi connectivity index (χ0n) is 11.2. The van der Waals surface area contributed by atoms with Crippen LogP contribution in [0.4, 0.5) is 0 Å². The molecule has 0 spiro atoms. The predicted octanol–water partition coefficient (Wildman–Crippen LogP) is 4.10. The number of rotatable bonds is 6. The third kappa shape index (κ3) is 4.44. The standard InChI is InChI=1S/C15H20ClNOS/c1-2-17-13(14-8-5-6-10-18-14)11-19-15-9-4-3-7-12(15)16/h3-4,7-9,13,17H,2,5-6,10-11H2,1H3. The van der Waals surface area contributed by atoms with E-state index >= 15 is 0 Å². The first-order chi connectivity index (χ1) is 9.31. The Bertz CT molecular complexity index is 436. The van der Waals surface area contributed by atoms with Gasteiger partial charge in [-0.15, -0.1) is 11.8 Å². The summed E-state index contributed by atoms with van der Waals surface area (Å²) in [7, 11) is 0. The summed E-state index contributed by atoms with van der Waals surface area (Å²) in [6.07, 6.45) is 4.46. The van der Waals surface area contributed by atoms with Gasteiger partial charge in [0, 0.05) is 10.6 Å². The summed E-state index contributed by atoms with van der Waals surface area (Å²) in [5.41, 5.74) is 0. The zero-order valence-corrected chi connectivity index (χ0v) is 12.8. The molecule has 1 heterocycles. The summed E-state index contributed by atoms with van der Waals surface area (Å²) in [6.45, 7) is 3.90. The van der Waals surface area contributed by atoms with Gasteiger partial charge in [0.15, 0.2) is 0 Å². The van der Waals surface area contributed by atoms with E-state index in [-0.39, 0.29) is 6.04 Å². The third-order valence-corrected chi connectivity index (χ3v) is 4.61. The average Bonchev–Trinajstić information content (AvgIpc) is 2.46. The number of benzene rings is 1. The molecule has 1 N–H and O–H groups in total. The normalized spacial score (nSPS) is 16.6. The van der Waals surface area contributed by atoms with Gasteiger partial charge in [-0.05, 0) is 37.6 Å². The monoisotopic (exact) mass is 297 g/mol. The van der Waals surface area contributed by atoms with Gasteiger partial charge in [0.05, 0.1) is 17.7 Å². The van der Waals surface area contributed by atoms with E-state index in [1.54, 1.807) is 11.8 Å². The van der Waals surface area contributed by atoms with Crippen molar-refractivity contribution in [2.24, 2.45) is 0 Å². The molecule has 1 aromatic rings. The zero-order chi connectivity index (χ0) is 13.5. The molecule has 1 unspecified atom stereocenters. The number of halogens is 1. The van der Waals surface area contributed by atoms with E-state index in [0.29, 0.717) is 0 Å². The Balaban J connectivity index is 1.97. The van der Waals surface area contributed by atoms with Crippen LogP contribution in [0.1, 0.15) is 19.8 Å². The molecule has 4 heteroatoms. The summed E-state index contributed by atoms with van der Waals surface area (Å²) >= 11 is 7.96. The van der Waals surface area contributed by atoms with Crippen LogP contribution in [0.2, 0.25) is 5.02 Å². The fraction of sp³-hybridized carbons (Fsp3) is 0.467. The quantitative estimate of drug-likeness (QED) is 0.799. The van der Waals surface area contributed by atoms with E-state index < -0.39 is 0 Å². The number of nitrogens with one attached hydrogen (secondary N) is 1. The molecule has 0 fully saturated rings. The molecule has 1 aromatic carbocycles. The lowest BCUT2D eigenvalue weighted by molar-refractivity contribution is 0.172. The Morgan fingerprint density at radius 1 is 1.42 bits per heavy atom. The Kier molecular flexibility index (Phi) is 6.08. The molecule has 0 saturated heterocycles. The molecule has 0 aliphatic carbocycles. The van der Waals surface area contributed by atoms with Crippen LogP contribution in [-0.4, -0.2) is 24.9 Å². The highest BCUT2D eigenvalue weighted by Gasteiger charge is 2.17. The van der Waals surface area contributed by atoms with Crippen molar-refractivity contribution in [1.29, 1.82) is 0 Å². The summed E-state index contributed by atoms with van der Waals surface area (Å²) < 4.78 is 5.76. The topological polar surface area (TPSA) is 21.3 Å². The molecular weight excluding hydrogens is 278 g/mol. The summed E-state index contributed by atoms with van der Waals surface area (Å²) in [4.78, 5) is 1.13. The maximum absolute atomic E-state index is 6.18. The van der Waals surface area contributed by atoms with Crippen molar-refractivity contribution >= 4 is 23.4 Å². The van der Waals surface area contributed by atoms with Gasteiger partial charge in [0.25, 0.3) is 0 Å². The molecule has 1 aliphatic rings. The number of hydrogen-bond donors (Lipinski definition) is 1. The van der Waals surface area contributed by atoms with Crippen molar-refractivity contribution in [3.05, 3.63) is 41.1 Å². The second kappa shape index (κ2) is 7.83. The van der Waals surface area contributed by atoms with Crippen molar-refractivity contribution in [2.45, 2.75) is 30.7 Å². The molecule has 0 aromatic heterocycles. The van der Waals surface area contributed by atoms with Gasteiger partial charge in [-0.25, -0.2) is 0 Å². The lowest BCUT2D eigenvalue weighted by Crippen LogP contribution is -2.35. The van der Waals surface area contributed by atoms with E-state index in [1.165, 1.54) is 0 Å². The molecular formula is C15H20ClNOS. The first kappa shape index (κ1) is 14.8. The predicted molar refractivity (Wildman–Crippen MR) is 82.9 cm³/mol. The van der Waals surface area contributed by atoms with Gasteiger partial charge in [0.1, 0.15) is 5.76 Å². The fourth-order valence-corrected chi connectivity index (χ4v) is 3.35. The van der Waals surface area contributed by atoms with Gasteiger partial charge in [0.2, 0.25) is 0 Å². The number of thioether (sulfide) groups is 1. The van der Waals surface area contributed by atoms with Gasteiger partial charge >= 0.3 is 0 Å². The SMILES string of the molecule is CCNC(CSc1ccccc1Cl)C1=CCCCO1. The highest BCUT2D eigenvalue weighted by atomic mass is 35.5. The van der Waals surface area contributed by atoms with Crippen molar-refractivity contribution in [1.82, 2.24) is 5.32 Å². The minimum absolute atomic E-state index is 0.270. The van der Waals surface area contributed by atoms with Crippen molar-refractivity contribution in [3.63, 3.8) is 0 Å². The second-order valence-electron chi connectivity index (χ2n) is 4.45. The molecule has 1 atom stereocenters. The van der Waals surface area contributed by atoms with Crippen LogP contribution in [0, 0.1) is 0 Å². The van der Waals surface area contributed by atoms with Crippen LogP contribution in [0.5, 0.6) is 0 Å². The third-order valence-electron chi connectivity index (χ3n) is 3.00. The summed E-state index contributed by atoms with van der Waals surface area (Å²) in [5.74, 6) is 2.02. The van der Waals surface area contributed by atoms with E-state index in [0.717, 1.165) is 47.4 Å². The highest BCUT2D eigenvalue weighted by molar-refractivity contribution is 7.99. The summed E-state index contributed by atoms with van der Waals surface area (Å²) in [5, 5.41) is 4.31. The highest BCUT2D eigenvalue weighted by Crippen LogP contribution is 2.28. The molecule has 104 valence electrons. The fourth-order valence-electron chi connectivity index (χ4n) is 2.04. The van der Waals surface area contributed by atoms with Crippen molar-refractivity contribution in [2.75, 3.05) is 18.9 Å². The number of likely N-dealkylation sites (N-methyl/N-ethyl adjacent to an activating group) is 1. The average molecular weight is 298 g/mol. The Labute approximate surface area is 124 Å².